The summed E-state index contributed by atoms with van der Waals surface area (Å²) in [4.78, 5) is 38.1. The van der Waals surface area contributed by atoms with Crippen molar-refractivity contribution in [1.82, 2.24) is 10.6 Å². The number of imide groups is 1. The maximum Gasteiger partial charge on any atom is 0.323 e. The highest BCUT2D eigenvalue weighted by atomic mass is 16.2. The first-order chi connectivity index (χ1) is 9.63. The summed E-state index contributed by atoms with van der Waals surface area (Å²) < 4.78 is 0. The quantitative estimate of drug-likeness (QED) is 0.606. The predicted molar refractivity (Wildman–Crippen MR) is 69.9 cm³/mol. The number of urea groups is 1. The minimum atomic E-state index is -1.57. The average Bonchev–Trinajstić information content (AvgIpc) is 3.15. The minimum Gasteiger partial charge on any atom is -0.312 e. The van der Waals surface area contributed by atoms with E-state index in [0.717, 1.165) is 18.5 Å². The molecule has 20 heavy (non-hydrogen) atoms. The van der Waals surface area contributed by atoms with E-state index in [0.29, 0.717) is 18.0 Å². The van der Waals surface area contributed by atoms with Gasteiger partial charge in [0.2, 0.25) is 5.54 Å². The SMILES string of the molecule is O=C1NC(=O)C2(N1)C(=O)N(CC1CC1)c1ccccc12. The van der Waals surface area contributed by atoms with Crippen molar-refractivity contribution in [3.8, 4) is 0 Å². The Labute approximate surface area is 115 Å². The molecule has 1 aromatic carbocycles. The van der Waals surface area contributed by atoms with Crippen LogP contribution in [0.4, 0.5) is 10.5 Å². The van der Waals surface area contributed by atoms with E-state index in [1.165, 1.54) is 0 Å². The summed E-state index contributed by atoms with van der Waals surface area (Å²) in [6.45, 7) is 0.612. The number of anilines is 1. The standard InChI is InChI=1S/C14H13N3O3/c18-11-14(16-13(20)15-11)9-3-1-2-4-10(9)17(12(14)19)7-8-5-6-8/h1-4,8H,5-7H2,(H2,15,16,18,20). The molecule has 1 spiro atoms. The van der Waals surface area contributed by atoms with Crippen molar-refractivity contribution in [2.45, 2.75) is 18.4 Å². The summed E-state index contributed by atoms with van der Waals surface area (Å²) in [6, 6.07) is 6.53. The molecule has 1 atom stereocenters. The van der Waals surface area contributed by atoms with E-state index < -0.39 is 17.5 Å². The van der Waals surface area contributed by atoms with Gasteiger partial charge < -0.3 is 10.2 Å². The Morgan fingerprint density at radius 2 is 1.95 bits per heavy atom. The van der Waals surface area contributed by atoms with Gasteiger partial charge in [-0.1, -0.05) is 18.2 Å². The molecular weight excluding hydrogens is 258 g/mol. The predicted octanol–water partition coefficient (Wildman–Crippen LogP) is 0.478. The van der Waals surface area contributed by atoms with Gasteiger partial charge in [-0.2, -0.15) is 0 Å². The Morgan fingerprint density at radius 3 is 2.60 bits per heavy atom. The van der Waals surface area contributed by atoms with Gasteiger partial charge >= 0.3 is 6.03 Å². The van der Waals surface area contributed by atoms with E-state index in [-0.39, 0.29) is 5.91 Å². The maximum atomic E-state index is 12.8. The van der Waals surface area contributed by atoms with Crippen LogP contribution < -0.4 is 15.5 Å². The third-order valence-corrected chi connectivity index (χ3v) is 4.17. The highest BCUT2D eigenvalue weighted by Gasteiger charge is 2.61. The molecule has 2 heterocycles. The number of nitrogens with one attached hydrogen (secondary N) is 2. The average molecular weight is 271 g/mol. The zero-order valence-corrected chi connectivity index (χ0v) is 10.7. The van der Waals surface area contributed by atoms with Gasteiger partial charge in [-0.15, -0.1) is 0 Å². The fraction of sp³-hybridized carbons (Fsp3) is 0.357. The van der Waals surface area contributed by atoms with Crippen LogP contribution in [0.1, 0.15) is 18.4 Å². The molecule has 1 saturated carbocycles. The number of hydrogen-bond acceptors (Lipinski definition) is 3. The monoisotopic (exact) mass is 271 g/mol. The van der Waals surface area contributed by atoms with Crippen LogP contribution >= 0.6 is 0 Å². The summed E-state index contributed by atoms with van der Waals surface area (Å²) in [5.41, 5.74) is -0.279. The molecule has 4 amide bonds. The molecule has 102 valence electrons. The first kappa shape index (κ1) is 11.5. The number of rotatable bonds is 2. The number of amides is 4. The Bertz CT molecular complexity index is 653. The van der Waals surface area contributed by atoms with Gasteiger partial charge in [0.25, 0.3) is 11.8 Å². The number of fused-ring (bicyclic) bond motifs is 2. The zero-order chi connectivity index (χ0) is 13.9. The van der Waals surface area contributed by atoms with E-state index in [2.05, 4.69) is 10.6 Å². The second kappa shape index (κ2) is 3.59. The summed E-state index contributed by atoms with van der Waals surface area (Å²) in [6.07, 6.45) is 2.22. The minimum absolute atomic E-state index is 0.353. The second-order valence-corrected chi connectivity index (χ2v) is 5.53. The lowest BCUT2D eigenvalue weighted by molar-refractivity contribution is -0.133. The molecule has 1 saturated heterocycles. The third kappa shape index (κ3) is 1.31. The molecule has 1 unspecified atom stereocenters. The summed E-state index contributed by atoms with van der Waals surface area (Å²) >= 11 is 0. The van der Waals surface area contributed by atoms with Crippen LogP contribution in [0.15, 0.2) is 24.3 Å². The van der Waals surface area contributed by atoms with Gasteiger partial charge in [0.15, 0.2) is 0 Å². The number of carbonyl (C=O) groups excluding carboxylic acids is 3. The van der Waals surface area contributed by atoms with Crippen molar-refractivity contribution in [3.63, 3.8) is 0 Å². The van der Waals surface area contributed by atoms with Gasteiger partial charge in [0.05, 0.1) is 5.69 Å². The largest absolute Gasteiger partial charge is 0.323 e. The lowest BCUT2D eigenvalue weighted by Gasteiger charge is -2.21. The van der Waals surface area contributed by atoms with Crippen molar-refractivity contribution >= 4 is 23.5 Å². The van der Waals surface area contributed by atoms with Crippen LogP contribution in [0, 0.1) is 5.92 Å². The molecule has 1 aliphatic carbocycles. The first-order valence-corrected chi connectivity index (χ1v) is 6.68. The van der Waals surface area contributed by atoms with Crippen molar-refractivity contribution in [3.05, 3.63) is 29.8 Å². The maximum absolute atomic E-state index is 12.8. The summed E-state index contributed by atoms with van der Waals surface area (Å²) in [5, 5.41) is 4.69. The Hall–Kier alpha value is -2.37. The molecular formula is C14H13N3O3. The van der Waals surface area contributed by atoms with Gasteiger partial charge in [-0.3, -0.25) is 14.9 Å². The highest BCUT2D eigenvalue weighted by Crippen LogP contribution is 2.44. The molecule has 6 heteroatoms. The number of hydrogen-bond donors (Lipinski definition) is 2. The van der Waals surface area contributed by atoms with E-state index in [1.54, 1.807) is 17.0 Å². The lowest BCUT2D eigenvalue weighted by atomic mass is 9.92. The fourth-order valence-electron chi connectivity index (χ4n) is 2.99. The third-order valence-electron chi connectivity index (χ3n) is 4.17. The zero-order valence-electron chi connectivity index (χ0n) is 10.7. The van der Waals surface area contributed by atoms with Crippen molar-refractivity contribution in [2.24, 2.45) is 5.92 Å². The van der Waals surface area contributed by atoms with Crippen LogP contribution in [0.5, 0.6) is 0 Å². The van der Waals surface area contributed by atoms with Gasteiger partial charge in [0.1, 0.15) is 0 Å². The molecule has 4 rings (SSSR count). The number of benzene rings is 1. The summed E-state index contributed by atoms with van der Waals surface area (Å²) in [5.74, 6) is -0.436. The molecule has 0 bridgehead atoms. The van der Waals surface area contributed by atoms with Crippen LogP contribution in [0.2, 0.25) is 0 Å². The number of carbonyl (C=O) groups is 3. The Morgan fingerprint density at radius 1 is 1.20 bits per heavy atom. The second-order valence-electron chi connectivity index (χ2n) is 5.53. The highest BCUT2D eigenvalue weighted by molar-refractivity contribution is 6.27. The smallest absolute Gasteiger partial charge is 0.312 e. The normalized spacial score (nSPS) is 27.8. The lowest BCUT2D eigenvalue weighted by Crippen LogP contribution is -2.52. The van der Waals surface area contributed by atoms with Crippen LogP contribution in [0.25, 0.3) is 0 Å². The topological polar surface area (TPSA) is 78.5 Å². The Kier molecular flexibility index (Phi) is 2.06. The van der Waals surface area contributed by atoms with Crippen molar-refractivity contribution in [1.29, 1.82) is 0 Å². The molecule has 2 fully saturated rings. The number of para-hydroxylation sites is 1. The molecule has 1 aromatic rings. The van der Waals surface area contributed by atoms with E-state index in [1.807, 2.05) is 12.1 Å². The van der Waals surface area contributed by atoms with Crippen LogP contribution in [-0.4, -0.2) is 24.4 Å². The first-order valence-electron chi connectivity index (χ1n) is 6.68. The van der Waals surface area contributed by atoms with E-state index >= 15 is 0 Å². The van der Waals surface area contributed by atoms with Crippen LogP contribution in [0.3, 0.4) is 0 Å². The van der Waals surface area contributed by atoms with E-state index in [9.17, 15) is 14.4 Å². The molecule has 0 aromatic heterocycles. The summed E-state index contributed by atoms with van der Waals surface area (Å²) in [7, 11) is 0. The van der Waals surface area contributed by atoms with Crippen LogP contribution in [-0.2, 0) is 15.1 Å². The fourth-order valence-corrected chi connectivity index (χ4v) is 2.99. The molecule has 3 aliphatic rings. The van der Waals surface area contributed by atoms with E-state index in [4.69, 9.17) is 0 Å². The van der Waals surface area contributed by atoms with Crippen molar-refractivity contribution < 1.29 is 14.4 Å². The van der Waals surface area contributed by atoms with Crippen molar-refractivity contribution in [2.75, 3.05) is 11.4 Å². The van der Waals surface area contributed by atoms with Gasteiger partial charge in [-0.25, -0.2) is 4.79 Å². The van der Waals surface area contributed by atoms with Gasteiger partial charge in [0, 0.05) is 12.1 Å². The number of nitrogens with zero attached hydrogens (tertiary/aromatic N) is 1. The molecule has 0 radical (unpaired) electrons. The van der Waals surface area contributed by atoms with Gasteiger partial charge in [-0.05, 0) is 24.8 Å². The molecule has 6 nitrogen and oxygen atoms in total. The molecule has 2 aliphatic heterocycles. The Balaban J connectivity index is 1.86. The molecule has 2 N–H and O–H groups in total.